The molecular weight excluding hydrogens is 206 g/mol. The second-order valence-electron chi connectivity index (χ2n) is 4.08. The molecule has 4 heteroatoms. The number of aromatic hydroxyl groups is 1. The number of hydrogen-bond acceptors (Lipinski definition) is 3. The molecule has 1 fully saturated rings. The van der Waals surface area contributed by atoms with Crippen molar-refractivity contribution in [2.75, 3.05) is 0 Å². The fourth-order valence-electron chi connectivity index (χ4n) is 1.62. The maximum Gasteiger partial charge on any atom is 0.287 e. The van der Waals surface area contributed by atoms with E-state index in [1.54, 1.807) is 18.2 Å². The zero-order valence-corrected chi connectivity index (χ0v) is 8.56. The van der Waals surface area contributed by atoms with E-state index in [0.29, 0.717) is 17.4 Å². The molecule has 1 aliphatic carbocycles. The molecule has 1 saturated carbocycles. The van der Waals surface area contributed by atoms with Crippen molar-refractivity contribution in [3.05, 3.63) is 30.0 Å². The first-order chi connectivity index (χ1) is 7.72. The van der Waals surface area contributed by atoms with Crippen molar-refractivity contribution in [3.63, 3.8) is 0 Å². The normalized spacial score (nSPS) is 15.2. The molecule has 16 heavy (non-hydrogen) atoms. The molecule has 0 saturated heterocycles. The van der Waals surface area contributed by atoms with Crippen molar-refractivity contribution in [2.24, 2.45) is 0 Å². The van der Waals surface area contributed by atoms with Gasteiger partial charge in [-0.2, -0.15) is 0 Å². The van der Waals surface area contributed by atoms with E-state index in [2.05, 4.69) is 5.32 Å². The molecule has 1 aliphatic rings. The minimum atomic E-state index is -0.182. The van der Waals surface area contributed by atoms with Gasteiger partial charge in [0.25, 0.3) is 5.91 Å². The standard InChI is InChI=1S/C12H11NO3/c14-9-4-1-7-5-11(16-10(7)6-9)12(15)13-8-2-3-8/h1,4-6,8,14H,2-3H2,(H,13,15). The van der Waals surface area contributed by atoms with Crippen LogP contribution in [0.1, 0.15) is 23.4 Å². The zero-order chi connectivity index (χ0) is 11.1. The molecule has 0 spiro atoms. The van der Waals surface area contributed by atoms with Gasteiger partial charge in [0, 0.05) is 17.5 Å². The molecular formula is C12H11NO3. The van der Waals surface area contributed by atoms with Crippen molar-refractivity contribution in [1.82, 2.24) is 5.32 Å². The minimum absolute atomic E-state index is 0.135. The van der Waals surface area contributed by atoms with Crippen LogP contribution in [0.2, 0.25) is 0 Å². The third kappa shape index (κ3) is 1.62. The molecule has 82 valence electrons. The van der Waals surface area contributed by atoms with Crippen molar-refractivity contribution < 1.29 is 14.3 Å². The summed E-state index contributed by atoms with van der Waals surface area (Å²) in [5.41, 5.74) is 0.529. The van der Waals surface area contributed by atoms with Crippen molar-refractivity contribution in [2.45, 2.75) is 18.9 Å². The fourth-order valence-corrected chi connectivity index (χ4v) is 1.62. The van der Waals surface area contributed by atoms with E-state index in [4.69, 9.17) is 4.42 Å². The van der Waals surface area contributed by atoms with Crippen LogP contribution in [0, 0.1) is 0 Å². The van der Waals surface area contributed by atoms with E-state index < -0.39 is 0 Å². The highest BCUT2D eigenvalue weighted by Crippen LogP contribution is 2.24. The summed E-state index contributed by atoms with van der Waals surface area (Å²) in [5.74, 6) is 0.252. The second kappa shape index (κ2) is 3.27. The first-order valence-electron chi connectivity index (χ1n) is 5.26. The van der Waals surface area contributed by atoms with Crippen LogP contribution >= 0.6 is 0 Å². The van der Waals surface area contributed by atoms with E-state index in [9.17, 15) is 9.90 Å². The summed E-state index contributed by atoms with van der Waals surface area (Å²) in [6.45, 7) is 0. The summed E-state index contributed by atoms with van der Waals surface area (Å²) in [5, 5.41) is 12.9. The zero-order valence-electron chi connectivity index (χ0n) is 8.56. The Labute approximate surface area is 91.9 Å². The highest BCUT2D eigenvalue weighted by atomic mass is 16.3. The number of benzene rings is 1. The summed E-state index contributed by atoms with van der Waals surface area (Å²) in [6.07, 6.45) is 2.10. The maximum absolute atomic E-state index is 11.7. The third-order valence-corrected chi connectivity index (χ3v) is 2.64. The lowest BCUT2D eigenvalue weighted by molar-refractivity contribution is 0.0925. The Morgan fingerprint density at radius 2 is 2.19 bits per heavy atom. The van der Waals surface area contributed by atoms with Crippen LogP contribution < -0.4 is 5.32 Å². The summed E-state index contributed by atoms with van der Waals surface area (Å²) in [6, 6.07) is 6.80. The molecule has 0 atom stereocenters. The van der Waals surface area contributed by atoms with Crippen LogP contribution in [0.4, 0.5) is 0 Å². The number of furan rings is 1. The van der Waals surface area contributed by atoms with Crippen molar-refractivity contribution in [3.8, 4) is 5.75 Å². The molecule has 3 rings (SSSR count). The average Bonchev–Trinajstić information content (AvgIpc) is 2.95. The lowest BCUT2D eigenvalue weighted by Gasteiger charge is -1.97. The Bertz CT molecular complexity index is 554. The summed E-state index contributed by atoms with van der Waals surface area (Å²) in [7, 11) is 0. The van der Waals surface area contributed by atoms with Gasteiger partial charge in [0.15, 0.2) is 5.76 Å². The quantitative estimate of drug-likeness (QED) is 0.809. The number of hydrogen-bond donors (Lipinski definition) is 2. The number of phenols is 1. The van der Waals surface area contributed by atoms with E-state index >= 15 is 0 Å². The van der Waals surface area contributed by atoms with E-state index in [0.717, 1.165) is 18.2 Å². The molecule has 4 nitrogen and oxygen atoms in total. The lowest BCUT2D eigenvalue weighted by Crippen LogP contribution is -2.24. The first kappa shape index (κ1) is 9.27. The maximum atomic E-state index is 11.7. The molecule has 0 aliphatic heterocycles. The average molecular weight is 217 g/mol. The van der Waals surface area contributed by atoms with E-state index in [1.165, 1.54) is 6.07 Å². The largest absolute Gasteiger partial charge is 0.508 e. The number of rotatable bonds is 2. The van der Waals surface area contributed by atoms with Crippen molar-refractivity contribution in [1.29, 1.82) is 0 Å². The first-order valence-corrected chi connectivity index (χ1v) is 5.26. The molecule has 1 heterocycles. The van der Waals surface area contributed by atoms with Crippen molar-refractivity contribution >= 4 is 16.9 Å². The monoisotopic (exact) mass is 217 g/mol. The van der Waals surface area contributed by atoms with Gasteiger partial charge in [-0.1, -0.05) is 0 Å². The number of carbonyl (C=O) groups excluding carboxylic acids is 1. The molecule has 2 aromatic rings. The number of nitrogens with one attached hydrogen (secondary N) is 1. The van der Waals surface area contributed by atoms with E-state index in [1.807, 2.05) is 0 Å². The van der Waals surface area contributed by atoms with E-state index in [-0.39, 0.29) is 11.7 Å². The van der Waals surface area contributed by atoms with Crippen LogP contribution in [-0.4, -0.2) is 17.1 Å². The number of fused-ring (bicyclic) bond motifs is 1. The van der Waals surface area contributed by atoms with Gasteiger partial charge in [-0.15, -0.1) is 0 Å². The number of carbonyl (C=O) groups is 1. The Kier molecular flexibility index (Phi) is 1.89. The Morgan fingerprint density at radius 1 is 1.38 bits per heavy atom. The summed E-state index contributed by atoms with van der Waals surface area (Å²) in [4.78, 5) is 11.7. The Balaban J connectivity index is 1.94. The molecule has 1 aromatic heterocycles. The Hall–Kier alpha value is -1.97. The Morgan fingerprint density at radius 3 is 2.94 bits per heavy atom. The summed E-state index contributed by atoms with van der Waals surface area (Å²) < 4.78 is 5.37. The molecule has 0 bridgehead atoms. The number of phenolic OH excluding ortho intramolecular Hbond substituents is 1. The SMILES string of the molecule is O=C(NC1CC1)c1cc2ccc(O)cc2o1. The van der Waals surface area contributed by atoms with Crippen LogP contribution in [0.3, 0.4) is 0 Å². The predicted molar refractivity (Wildman–Crippen MR) is 58.4 cm³/mol. The van der Waals surface area contributed by atoms with Gasteiger partial charge in [-0.05, 0) is 31.0 Å². The lowest BCUT2D eigenvalue weighted by atomic mass is 10.2. The molecule has 1 amide bonds. The van der Waals surface area contributed by atoms with Gasteiger partial charge in [-0.3, -0.25) is 4.79 Å². The minimum Gasteiger partial charge on any atom is -0.508 e. The predicted octanol–water partition coefficient (Wildman–Crippen LogP) is 2.03. The van der Waals surface area contributed by atoms with Gasteiger partial charge in [0.1, 0.15) is 11.3 Å². The van der Waals surface area contributed by atoms with Gasteiger partial charge < -0.3 is 14.8 Å². The molecule has 0 radical (unpaired) electrons. The van der Waals surface area contributed by atoms with Gasteiger partial charge >= 0.3 is 0 Å². The van der Waals surface area contributed by atoms with Gasteiger partial charge in [-0.25, -0.2) is 0 Å². The fraction of sp³-hybridized carbons (Fsp3) is 0.250. The highest BCUT2D eigenvalue weighted by molar-refractivity contribution is 5.96. The van der Waals surface area contributed by atoms with Crippen LogP contribution in [-0.2, 0) is 0 Å². The smallest absolute Gasteiger partial charge is 0.287 e. The molecule has 0 unspecified atom stereocenters. The molecule has 1 aromatic carbocycles. The van der Waals surface area contributed by atoms with Gasteiger partial charge in [0.05, 0.1) is 0 Å². The van der Waals surface area contributed by atoms with Gasteiger partial charge in [0.2, 0.25) is 0 Å². The van der Waals surface area contributed by atoms with Crippen LogP contribution in [0.25, 0.3) is 11.0 Å². The number of amides is 1. The second-order valence-corrected chi connectivity index (χ2v) is 4.08. The highest BCUT2D eigenvalue weighted by Gasteiger charge is 2.25. The summed E-state index contributed by atoms with van der Waals surface area (Å²) >= 11 is 0. The topological polar surface area (TPSA) is 62.5 Å². The molecule has 2 N–H and O–H groups in total. The van der Waals surface area contributed by atoms with Crippen LogP contribution in [0.15, 0.2) is 28.7 Å². The third-order valence-electron chi connectivity index (χ3n) is 2.64. The van der Waals surface area contributed by atoms with Crippen LogP contribution in [0.5, 0.6) is 5.75 Å².